The number of nitro benzene ring substituents is 2. The molecule has 0 aromatic heterocycles. The number of non-ortho nitro benzene ring substituents is 1. The van der Waals surface area contributed by atoms with Crippen molar-refractivity contribution in [3.05, 3.63) is 73.8 Å². The first kappa shape index (κ1) is 16.5. The number of carbonyl (C=O) groups is 1. The van der Waals surface area contributed by atoms with Crippen LogP contribution in [0.3, 0.4) is 0 Å². The number of nitrogens with one attached hydrogen (secondary N) is 1. The van der Waals surface area contributed by atoms with Gasteiger partial charge in [0, 0.05) is 18.2 Å². The van der Waals surface area contributed by atoms with E-state index in [-0.39, 0.29) is 22.5 Å². The van der Waals surface area contributed by atoms with Crippen LogP contribution in [0.25, 0.3) is 0 Å². The van der Waals surface area contributed by atoms with Crippen LogP contribution in [0, 0.1) is 20.2 Å². The molecular weight excluding hydrogens is 320 g/mol. The minimum atomic E-state index is -0.897. The molecule has 0 saturated carbocycles. The lowest BCUT2D eigenvalue weighted by Gasteiger charge is -2.03. The molecule has 0 aliphatic rings. The summed E-state index contributed by atoms with van der Waals surface area (Å²) in [6.45, 7) is 0. The van der Waals surface area contributed by atoms with Gasteiger partial charge in [0.25, 0.3) is 17.3 Å². The third-order valence-corrected chi connectivity index (χ3v) is 2.94. The van der Waals surface area contributed by atoms with Gasteiger partial charge in [0.2, 0.25) is 0 Å². The maximum absolute atomic E-state index is 11.9. The molecule has 1 amide bonds. The SMILES string of the molecule is O=C(N/N=C/c1ccccc1[N+](=O)[O-])c1cc([N+](=O)[O-])ccc1O. The minimum absolute atomic E-state index is 0.158. The van der Waals surface area contributed by atoms with Gasteiger partial charge in [-0.25, -0.2) is 5.43 Å². The molecule has 0 aliphatic heterocycles. The summed E-state index contributed by atoms with van der Waals surface area (Å²) in [6, 6.07) is 8.69. The number of para-hydroxylation sites is 1. The fourth-order valence-corrected chi connectivity index (χ4v) is 1.80. The lowest BCUT2D eigenvalue weighted by Crippen LogP contribution is -2.18. The van der Waals surface area contributed by atoms with Crippen molar-refractivity contribution in [1.82, 2.24) is 5.43 Å². The van der Waals surface area contributed by atoms with Gasteiger partial charge in [-0.15, -0.1) is 0 Å². The highest BCUT2D eigenvalue weighted by atomic mass is 16.6. The summed E-state index contributed by atoms with van der Waals surface area (Å²) in [5.74, 6) is -1.36. The monoisotopic (exact) mass is 330 g/mol. The van der Waals surface area contributed by atoms with Crippen molar-refractivity contribution in [2.75, 3.05) is 0 Å². The zero-order chi connectivity index (χ0) is 17.7. The van der Waals surface area contributed by atoms with Crippen LogP contribution in [0.4, 0.5) is 11.4 Å². The molecule has 2 aromatic rings. The third kappa shape index (κ3) is 3.68. The molecule has 10 nitrogen and oxygen atoms in total. The van der Waals surface area contributed by atoms with Crippen LogP contribution in [-0.2, 0) is 0 Å². The maximum atomic E-state index is 11.9. The lowest BCUT2D eigenvalue weighted by molar-refractivity contribution is -0.385. The Labute approximate surface area is 134 Å². The third-order valence-electron chi connectivity index (χ3n) is 2.94. The van der Waals surface area contributed by atoms with E-state index in [0.717, 1.165) is 24.4 Å². The molecule has 0 bridgehead atoms. The Balaban J connectivity index is 2.18. The van der Waals surface area contributed by atoms with Gasteiger partial charge in [-0.3, -0.25) is 25.0 Å². The number of nitrogens with zero attached hydrogens (tertiary/aromatic N) is 3. The van der Waals surface area contributed by atoms with Crippen molar-refractivity contribution < 1.29 is 19.7 Å². The smallest absolute Gasteiger partial charge is 0.278 e. The molecule has 0 unspecified atom stereocenters. The standard InChI is InChI=1S/C14H10N4O6/c19-13-6-5-10(17(21)22)7-11(13)14(20)16-15-8-9-3-1-2-4-12(9)18(23)24/h1-8,19H,(H,16,20)/b15-8+. The van der Waals surface area contributed by atoms with Gasteiger partial charge in [0.15, 0.2) is 0 Å². The van der Waals surface area contributed by atoms with E-state index in [1.54, 1.807) is 6.07 Å². The predicted octanol–water partition coefficient (Wildman–Crippen LogP) is 1.97. The minimum Gasteiger partial charge on any atom is -0.507 e. The summed E-state index contributed by atoms with van der Waals surface area (Å²) < 4.78 is 0. The van der Waals surface area contributed by atoms with Gasteiger partial charge in [-0.2, -0.15) is 5.10 Å². The molecule has 0 fully saturated rings. The fraction of sp³-hybridized carbons (Fsp3) is 0. The second-order valence-corrected chi connectivity index (χ2v) is 4.47. The van der Waals surface area contributed by atoms with Gasteiger partial charge in [-0.05, 0) is 12.1 Å². The first-order valence-electron chi connectivity index (χ1n) is 6.44. The fourth-order valence-electron chi connectivity index (χ4n) is 1.80. The summed E-state index contributed by atoms with van der Waals surface area (Å²) in [5.41, 5.74) is 1.29. The van der Waals surface area contributed by atoms with E-state index < -0.39 is 21.5 Å². The van der Waals surface area contributed by atoms with Gasteiger partial charge in [0.05, 0.1) is 27.2 Å². The number of hydrazone groups is 1. The molecule has 122 valence electrons. The molecular formula is C14H10N4O6. The van der Waals surface area contributed by atoms with E-state index in [1.165, 1.54) is 18.2 Å². The molecule has 0 spiro atoms. The summed E-state index contributed by atoms with van der Waals surface area (Å²) in [5, 5.41) is 34.7. The molecule has 10 heteroatoms. The second-order valence-electron chi connectivity index (χ2n) is 4.47. The largest absolute Gasteiger partial charge is 0.507 e. The Morgan fingerprint density at radius 1 is 1.12 bits per heavy atom. The van der Waals surface area contributed by atoms with E-state index in [2.05, 4.69) is 5.10 Å². The molecule has 0 aliphatic carbocycles. The predicted molar refractivity (Wildman–Crippen MR) is 82.9 cm³/mol. The number of carbonyl (C=O) groups excluding carboxylic acids is 1. The highest BCUT2D eigenvalue weighted by molar-refractivity contribution is 5.98. The summed E-state index contributed by atoms with van der Waals surface area (Å²) in [7, 11) is 0. The molecule has 2 aromatic carbocycles. The number of aromatic hydroxyl groups is 1. The van der Waals surface area contributed by atoms with E-state index in [0.29, 0.717) is 0 Å². The van der Waals surface area contributed by atoms with Crippen molar-refractivity contribution in [3.63, 3.8) is 0 Å². The van der Waals surface area contributed by atoms with Crippen molar-refractivity contribution in [2.24, 2.45) is 5.10 Å². The first-order chi connectivity index (χ1) is 11.4. The summed E-state index contributed by atoms with van der Waals surface area (Å²) >= 11 is 0. The van der Waals surface area contributed by atoms with Crippen LogP contribution in [-0.4, -0.2) is 27.1 Å². The number of phenols is 1. The van der Waals surface area contributed by atoms with Crippen LogP contribution in [0.2, 0.25) is 0 Å². The number of benzene rings is 2. The number of nitro groups is 2. The Kier molecular flexibility index (Phi) is 4.80. The van der Waals surface area contributed by atoms with Crippen molar-refractivity contribution in [2.45, 2.75) is 0 Å². The molecule has 0 saturated heterocycles. The number of phenolic OH excluding ortho intramolecular Hbond substituents is 1. The zero-order valence-corrected chi connectivity index (χ0v) is 11.9. The Morgan fingerprint density at radius 3 is 2.50 bits per heavy atom. The van der Waals surface area contributed by atoms with Crippen LogP contribution < -0.4 is 5.43 Å². The average Bonchev–Trinajstić information content (AvgIpc) is 2.55. The molecule has 0 heterocycles. The molecule has 2 rings (SSSR count). The van der Waals surface area contributed by atoms with Crippen LogP contribution >= 0.6 is 0 Å². The van der Waals surface area contributed by atoms with E-state index in [9.17, 15) is 30.1 Å². The van der Waals surface area contributed by atoms with Gasteiger partial charge < -0.3 is 5.11 Å². The lowest BCUT2D eigenvalue weighted by atomic mass is 10.1. The van der Waals surface area contributed by atoms with Crippen molar-refractivity contribution in [3.8, 4) is 5.75 Å². The van der Waals surface area contributed by atoms with Crippen molar-refractivity contribution >= 4 is 23.5 Å². The van der Waals surface area contributed by atoms with Crippen LogP contribution in [0.5, 0.6) is 5.75 Å². The zero-order valence-electron chi connectivity index (χ0n) is 11.9. The molecule has 0 atom stereocenters. The van der Waals surface area contributed by atoms with E-state index in [1.807, 2.05) is 5.43 Å². The molecule has 2 N–H and O–H groups in total. The Hall–Kier alpha value is -3.82. The van der Waals surface area contributed by atoms with E-state index >= 15 is 0 Å². The van der Waals surface area contributed by atoms with Gasteiger partial charge in [0.1, 0.15) is 5.75 Å². The van der Waals surface area contributed by atoms with Crippen LogP contribution in [0.15, 0.2) is 47.6 Å². The quantitative estimate of drug-likeness (QED) is 0.486. The van der Waals surface area contributed by atoms with Gasteiger partial charge >= 0.3 is 0 Å². The van der Waals surface area contributed by atoms with Crippen LogP contribution in [0.1, 0.15) is 15.9 Å². The normalized spacial score (nSPS) is 10.5. The number of hydrogen-bond donors (Lipinski definition) is 2. The number of hydrogen-bond acceptors (Lipinski definition) is 7. The van der Waals surface area contributed by atoms with E-state index in [4.69, 9.17) is 0 Å². The highest BCUT2D eigenvalue weighted by Gasteiger charge is 2.16. The highest BCUT2D eigenvalue weighted by Crippen LogP contribution is 2.22. The number of amides is 1. The second kappa shape index (κ2) is 6.96. The molecule has 24 heavy (non-hydrogen) atoms. The topological polar surface area (TPSA) is 148 Å². The maximum Gasteiger partial charge on any atom is 0.278 e. The molecule has 0 radical (unpaired) electrons. The number of rotatable bonds is 5. The summed E-state index contributed by atoms with van der Waals surface area (Å²) in [6.07, 6.45) is 1.06. The Morgan fingerprint density at radius 2 is 1.83 bits per heavy atom. The summed E-state index contributed by atoms with van der Waals surface area (Å²) in [4.78, 5) is 32.1. The Bertz CT molecular complexity index is 849. The average molecular weight is 330 g/mol. The van der Waals surface area contributed by atoms with Crippen molar-refractivity contribution in [1.29, 1.82) is 0 Å². The van der Waals surface area contributed by atoms with Gasteiger partial charge in [-0.1, -0.05) is 12.1 Å². The first-order valence-corrected chi connectivity index (χ1v) is 6.44.